The summed E-state index contributed by atoms with van der Waals surface area (Å²) in [5.74, 6) is 0.0722. The van der Waals surface area contributed by atoms with Gasteiger partial charge in [0.1, 0.15) is 0 Å². The van der Waals surface area contributed by atoms with E-state index < -0.39 is 5.60 Å². The molecule has 86 valence electrons. The van der Waals surface area contributed by atoms with E-state index in [0.29, 0.717) is 19.1 Å². The monoisotopic (exact) mass is 220 g/mol. The lowest BCUT2D eigenvalue weighted by Gasteiger charge is -2.13. The molecule has 0 radical (unpaired) electrons. The highest BCUT2D eigenvalue weighted by Crippen LogP contribution is 2.39. The molecule has 1 aromatic rings. The van der Waals surface area contributed by atoms with E-state index in [2.05, 4.69) is 0 Å². The van der Waals surface area contributed by atoms with Gasteiger partial charge in [-0.1, -0.05) is 44.2 Å². The number of hydrogen-bond donors (Lipinski definition) is 0. The van der Waals surface area contributed by atoms with Gasteiger partial charge >= 0.3 is 5.97 Å². The predicted octanol–water partition coefficient (Wildman–Crippen LogP) is 2.11. The van der Waals surface area contributed by atoms with Crippen LogP contribution in [-0.2, 0) is 19.9 Å². The van der Waals surface area contributed by atoms with Gasteiger partial charge in [0.15, 0.2) is 0 Å². The number of epoxide rings is 1. The lowest BCUT2D eigenvalue weighted by Crippen LogP contribution is -2.26. The van der Waals surface area contributed by atoms with Gasteiger partial charge in [-0.2, -0.15) is 0 Å². The molecule has 0 aromatic heterocycles. The molecule has 0 aliphatic carbocycles. The topological polar surface area (TPSA) is 38.8 Å². The molecule has 1 heterocycles. The highest BCUT2D eigenvalue weighted by atomic mass is 16.6. The van der Waals surface area contributed by atoms with E-state index in [9.17, 15) is 4.79 Å². The van der Waals surface area contributed by atoms with Crippen molar-refractivity contribution in [3.8, 4) is 0 Å². The van der Waals surface area contributed by atoms with Crippen molar-refractivity contribution in [3.05, 3.63) is 35.9 Å². The second-order valence-electron chi connectivity index (χ2n) is 4.47. The van der Waals surface area contributed by atoms with Gasteiger partial charge in [-0.05, 0) is 11.5 Å². The number of carbonyl (C=O) groups is 1. The molecular weight excluding hydrogens is 204 g/mol. The molecule has 1 unspecified atom stereocenters. The van der Waals surface area contributed by atoms with Gasteiger partial charge in [0.25, 0.3) is 0 Å². The molecule has 0 amide bonds. The summed E-state index contributed by atoms with van der Waals surface area (Å²) in [7, 11) is 0. The van der Waals surface area contributed by atoms with Crippen molar-refractivity contribution in [3.63, 3.8) is 0 Å². The summed E-state index contributed by atoms with van der Waals surface area (Å²) in [6.45, 7) is 4.89. The van der Waals surface area contributed by atoms with Crippen LogP contribution in [0.15, 0.2) is 30.3 Å². The normalized spacial score (nSPS) is 23.2. The third-order valence-corrected chi connectivity index (χ3v) is 2.55. The van der Waals surface area contributed by atoms with Gasteiger partial charge in [-0.3, -0.25) is 0 Å². The van der Waals surface area contributed by atoms with Crippen molar-refractivity contribution in [2.45, 2.75) is 19.4 Å². The fraction of sp³-hybridized carbons (Fsp3) is 0.462. The molecule has 0 bridgehead atoms. The van der Waals surface area contributed by atoms with Crippen molar-refractivity contribution in [2.75, 3.05) is 13.2 Å². The number of carbonyl (C=O) groups excluding carboxylic acids is 1. The Labute approximate surface area is 95.4 Å². The van der Waals surface area contributed by atoms with Crippen LogP contribution in [0.5, 0.6) is 0 Å². The van der Waals surface area contributed by atoms with Crippen molar-refractivity contribution in [1.29, 1.82) is 0 Å². The minimum absolute atomic E-state index is 0.271. The Hall–Kier alpha value is -1.35. The fourth-order valence-electron chi connectivity index (χ4n) is 1.54. The standard InChI is InChI=1S/C13H16O3/c1-10(2)8-15-12(14)13(9-16-13)11-6-4-3-5-7-11/h3-7,10H,8-9H2,1-2H3. The number of ether oxygens (including phenoxy) is 2. The third-order valence-electron chi connectivity index (χ3n) is 2.55. The average Bonchev–Trinajstić information content (AvgIpc) is 3.08. The van der Waals surface area contributed by atoms with Crippen LogP contribution in [0.3, 0.4) is 0 Å². The SMILES string of the molecule is CC(C)COC(=O)C1(c2ccccc2)CO1. The maximum Gasteiger partial charge on any atom is 0.345 e. The number of rotatable bonds is 4. The molecule has 1 aromatic carbocycles. The van der Waals surface area contributed by atoms with Crippen molar-refractivity contribution >= 4 is 5.97 Å². The lowest BCUT2D eigenvalue weighted by atomic mass is 10.0. The Bertz CT molecular complexity index is 366. The van der Waals surface area contributed by atoms with E-state index in [0.717, 1.165) is 5.56 Å². The van der Waals surface area contributed by atoms with Crippen LogP contribution in [0.25, 0.3) is 0 Å². The van der Waals surface area contributed by atoms with Gasteiger partial charge in [-0.15, -0.1) is 0 Å². The van der Waals surface area contributed by atoms with Crippen molar-refractivity contribution < 1.29 is 14.3 Å². The van der Waals surface area contributed by atoms with Gasteiger partial charge in [-0.25, -0.2) is 4.79 Å². The Morgan fingerprint density at radius 2 is 2.06 bits per heavy atom. The van der Waals surface area contributed by atoms with Gasteiger partial charge in [0.05, 0.1) is 13.2 Å². The second-order valence-corrected chi connectivity index (χ2v) is 4.47. The highest BCUT2D eigenvalue weighted by Gasteiger charge is 2.55. The predicted molar refractivity (Wildman–Crippen MR) is 59.9 cm³/mol. The first-order valence-corrected chi connectivity index (χ1v) is 5.52. The molecular formula is C13H16O3. The van der Waals surface area contributed by atoms with E-state index in [1.165, 1.54) is 0 Å². The van der Waals surface area contributed by atoms with Gasteiger partial charge in [0, 0.05) is 0 Å². The molecule has 1 atom stereocenters. The summed E-state index contributed by atoms with van der Waals surface area (Å²) in [5, 5.41) is 0. The highest BCUT2D eigenvalue weighted by molar-refractivity contribution is 5.84. The molecule has 2 rings (SSSR count). The Morgan fingerprint density at radius 3 is 2.56 bits per heavy atom. The molecule has 16 heavy (non-hydrogen) atoms. The number of benzene rings is 1. The zero-order chi connectivity index (χ0) is 11.6. The largest absolute Gasteiger partial charge is 0.463 e. The molecule has 0 spiro atoms. The van der Waals surface area contributed by atoms with Crippen LogP contribution in [-0.4, -0.2) is 19.2 Å². The summed E-state index contributed by atoms with van der Waals surface area (Å²) < 4.78 is 10.5. The quantitative estimate of drug-likeness (QED) is 0.576. The van der Waals surface area contributed by atoms with Crippen LogP contribution in [0.2, 0.25) is 0 Å². The van der Waals surface area contributed by atoms with Gasteiger partial charge < -0.3 is 9.47 Å². The van der Waals surface area contributed by atoms with Crippen molar-refractivity contribution in [2.24, 2.45) is 5.92 Å². The third kappa shape index (κ3) is 2.09. The first kappa shape index (κ1) is 11.1. The molecule has 1 saturated heterocycles. The first-order chi connectivity index (χ1) is 7.65. The smallest absolute Gasteiger partial charge is 0.345 e. The maximum atomic E-state index is 11.9. The maximum absolute atomic E-state index is 11.9. The summed E-state index contributed by atoms with van der Waals surface area (Å²) >= 11 is 0. The minimum Gasteiger partial charge on any atom is -0.463 e. The number of hydrogen-bond acceptors (Lipinski definition) is 3. The van der Waals surface area contributed by atoms with E-state index in [1.54, 1.807) is 0 Å². The Balaban J connectivity index is 2.06. The fourth-order valence-corrected chi connectivity index (χ4v) is 1.54. The summed E-state index contributed by atoms with van der Waals surface area (Å²) in [4.78, 5) is 11.9. The molecule has 3 nitrogen and oxygen atoms in total. The summed E-state index contributed by atoms with van der Waals surface area (Å²) in [5.41, 5.74) is 0.0552. The molecule has 1 aliphatic rings. The number of esters is 1. The first-order valence-electron chi connectivity index (χ1n) is 5.52. The van der Waals surface area contributed by atoms with E-state index in [1.807, 2.05) is 44.2 Å². The molecule has 0 saturated carbocycles. The zero-order valence-corrected chi connectivity index (χ0v) is 9.60. The Morgan fingerprint density at radius 1 is 1.44 bits per heavy atom. The molecule has 0 N–H and O–H groups in total. The molecule has 1 aliphatic heterocycles. The van der Waals surface area contributed by atoms with Crippen LogP contribution < -0.4 is 0 Å². The molecule has 3 heteroatoms. The van der Waals surface area contributed by atoms with E-state index >= 15 is 0 Å². The molecule has 1 fully saturated rings. The van der Waals surface area contributed by atoms with Gasteiger partial charge in [0.2, 0.25) is 5.60 Å². The minimum atomic E-state index is -0.823. The van der Waals surface area contributed by atoms with E-state index in [-0.39, 0.29) is 5.97 Å². The van der Waals surface area contributed by atoms with E-state index in [4.69, 9.17) is 9.47 Å². The van der Waals surface area contributed by atoms with Crippen LogP contribution in [0, 0.1) is 5.92 Å². The van der Waals surface area contributed by atoms with Crippen LogP contribution >= 0.6 is 0 Å². The van der Waals surface area contributed by atoms with Crippen LogP contribution in [0.1, 0.15) is 19.4 Å². The Kier molecular flexibility index (Phi) is 2.97. The summed E-state index contributed by atoms with van der Waals surface area (Å²) in [6.07, 6.45) is 0. The van der Waals surface area contributed by atoms with Crippen LogP contribution in [0.4, 0.5) is 0 Å². The second kappa shape index (κ2) is 4.26. The average molecular weight is 220 g/mol. The van der Waals surface area contributed by atoms with Crippen molar-refractivity contribution in [1.82, 2.24) is 0 Å². The summed E-state index contributed by atoms with van der Waals surface area (Å²) in [6, 6.07) is 9.50. The lowest BCUT2D eigenvalue weighted by molar-refractivity contribution is -0.151. The zero-order valence-electron chi connectivity index (χ0n) is 9.60.